The normalized spacial score (nSPS) is 9.77. The highest BCUT2D eigenvalue weighted by Crippen LogP contribution is 2.24. The lowest BCUT2D eigenvalue weighted by molar-refractivity contribution is -0.116. The maximum absolute atomic E-state index is 12.2. The number of amides is 1. The van der Waals surface area contributed by atoms with E-state index >= 15 is 0 Å². The Morgan fingerprint density at radius 3 is 2.65 bits per heavy atom. The van der Waals surface area contributed by atoms with E-state index in [1.54, 1.807) is 32.0 Å². The van der Waals surface area contributed by atoms with Crippen molar-refractivity contribution in [3.63, 3.8) is 0 Å². The first kappa shape index (κ1) is 21.1. The Balaban J connectivity index is 0.00000338. The Morgan fingerprint density at radius 1 is 1.38 bits per heavy atom. The van der Waals surface area contributed by atoms with E-state index < -0.39 is 5.56 Å². The number of ether oxygens (including phenoxy) is 1. The minimum Gasteiger partial charge on any atom is -0.495 e. The minimum absolute atomic E-state index is 0. The molecule has 0 atom stereocenters. The maximum atomic E-state index is 12.2. The van der Waals surface area contributed by atoms with Gasteiger partial charge in [-0.3, -0.25) is 9.59 Å². The predicted octanol–water partition coefficient (Wildman–Crippen LogP) is 2.45. The molecule has 26 heavy (non-hydrogen) atoms. The van der Waals surface area contributed by atoms with Gasteiger partial charge >= 0.3 is 0 Å². The number of hydrogen-bond acceptors (Lipinski definition) is 5. The second kappa shape index (κ2) is 8.92. The Morgan fingerprint density at radius 2 is 2.08 bits per heavy atom. The second-order valence-electron chi connectivity index (χ2n) is 5.67. The molecule has 0 bridgehead atoms. The van der Waals surface area contributed by atoms with E-state index in [9.17, 15) is 9.59 Å². The molecule has 7 nitrogen and oxygen atoms in total. The van der Waals surface area contributed by atoms with Gasteiger partial charge in [0.05, 0.1) is 12.8 Å². The van der Waals surface area contributed by atoms with Crippen LogP contribution < -0.4 is 21.3 Å². The molecule has 2 aromatic rings. The SMILES string of the molecule is COc1ccc(NC(=O)CCc2c(C)[nH]c(=O)c(C#N)c2C)cc1N.Cl. The number of rotatable bonds is 5. The van der Waals surface area contributed by atoms with E-state index in [0.717, 1.165) is 5.56 Å². The van der Waals surface area contributed by atoms with Gasteiger partial charge in [-0.25, -0.2) is 0 Å². The van der Waals surface area contributed by atoms with Gasteiger partial charge in [0.2, 0.25) is 5.91 Å². The van der Waals surface area contributed by atoms with Crippen molar-refractivity contribution in [2.45, 2.75) is 26.7 Å². The van der Waals surface area contributed by atoms with Gasteiger partial charge in [0.25, 0.3) is 5.56 Å². The molecule has 1 amide bonds. The van der Waals surface area contributed by atoms with Gasteiger partial charge in [0.15, 0.2) is 0 Å². The first-order chi connectivity index (χ1) is 11.9. The fourth-order valence-corrected chi connectivity index (χ4v) is 2.69. The van der Waals surface area contributed by atoms with Crippen LogP contribution in [-0.2, 0) is 11.2 Å². The van der Waals surface area contributed by atoms with E-state index in [1.807, 2.05) is 6.07 Å². The van der Waals surface area contributed by atoms with E-state index in [4.69, 9.17) is 15.7 Å². The molecule has 0 aliphatic heterocycles. The van der Waals surface area contributed by atoms with Crippen LogP contribution in [0.5, 0.6) is 5.75 Å². The number of aromatic nitrogens is 1. The molecule has 1 aromatic carbocycles. The first-order valence-electron chi connectivity index (χ1n) is 7.73. The fourth-order valence-electron chi connectivity index (χ4n) is 2.69. The number of methoxy groups -OCH3 is 1. The summed E-state index contributed by atoms with van der Waals surface area (Å²) in [7, 11) is 1.52. The number of hydrogen-bond donors (Lipinski definition) is 3. The fraction of sp³-hybridized carbons (Fsp3) is 0.278. The monoisotopic (exact) mass is 376 g/mol. The van der Waals surface area contributed by atoms with Crippen LogP contribution in [0.1, 0.15) is 28.8 Å². The standard InChI is InChI=1S/C18H20N4O3.ClH/c1-10-13(11(2)21-18(24)14(10)9-19)5-7-17(23)22-12-4-6-16(25-3)15(20)8-12;/h4,6,8H,5,7,20H2,1-3H3,(H,21,24)(H,22,23);1H. The third kappa shape index (κ3) is 4.55. The van der Waals surface area contributed by atoms with Crippen LogP contribution in [0, 0.1) is 25.2 Å². The number of nitrogens with zero attached hydrogens (tertiary/aromatic N) is 1. The lowest BCUT2D eigenvalue weighted by atomic mass is 9.99. The molecule has 0 fully saturated rings. The number of halogens is 1. The summed E-state index contributed by atoms with van der Waals surface area (Å²) in [6.07, 6.45) is 0.630. The van der Waals surface area contributed by atoms with Crippen LogP contribution in [0.25, 0.3) is 0 Å². The second-order valence-corrected chi connectivity index (χ2v) is 5.67. The number of anilines is 2. The van der Waals surface area contributed by atoms with Gasteiger partial charge in [-0.1, -0.05) is 0 Å². The smallest absolute Gasteiger partial charge is 0.266 e. The van der Waals surface area contributed by atoms with Gasteiger partial charge in [-0.2, -0.15) is 5.26 Å². The van der Waals surface area contributed by atoms with Crippen LogP contribution >= 0.6 is 12.4 Å². The molecule has 4 N–H and O–H groups in total. The van der Waals surface area contributed by atoms with Crippen LogP contribution in [0.4, 0.5) is 11.4 Å². The van der Waals surface area contributed by atoms with Gasteiger partial charge in [-0.05, 0) is 49.6 Å². The summed E-state index contributed by atoms with van der Waals surface area (Å²) >= 11 is 0. The molecule has 1 aromatic heterocycles. The van der Waals surface area contributed by atoms with Crippen molar-refractivity contribution in [2.75, 3.05) is 18.2 Å². The van der Waals surface area contributed by atoms with Crippen molar-refractivity contribution in [1.29, 1.82) is 5.26 Å². The van der Waals surface area contributed by atoms with Gasteiger partial charge < -0.3 is 20.8 Å². The molecule has 0 saturated carbocycles. The number of nitrogens with one attached hydrogen (secondary N) is 2. The molecule has 1 heterocycles. The van der Waals surface area contributed by atoms with Crippen molar-refractivity contribution in [1.82, 2.24) is 4.98 Å². The number of nitrogen functional groups attached to an aromatic ring is 1. The topological polar surface area (TPSA) is 121 Å². The van der Waals surface area contributed by atoms with E-state index in [0.29, 0.717) is 34.8 Å². The van der Waals surface area contributed by atoms with Crippen molar-refractivity contribution >= 4 is 29.7 Å². The summed E-state index contributed by atoms with van der Waals surface area (Å²) < 4.78 is 5.08. The number of pyridine rings is 1. The highest BCUT2D eigenvalue weighted by Gasteiger charge is 2.13. The minimum atomic E-state index is -0.403. The number of benzene rings is 1. The van der Waals surface area contributed by atoms with E-state index in [2.05, 4.69) is 10.3 Å². The lowest BCUT2D eigenvalue weighted by Gasteiger charge is -2.12. The summed E-state index contributed by atoms with van der Waals surface area (Å²) in [5, 5.41) is 11.9. The third-order valence-corrected chi connectivity index (χ3v) is 4.04. The highest BCUT2D eigenvalue weighted by molar-refractivity contribution is 5.91. The number of nitrogens with two attached hydrogens (primary N) is 1. The van der Waals surface area contributed by atoms with Gasteiger partial charge in [0, 0.05) is 17.8 Å². The molecule has 138 valence electrons. The number of carbonyl (C=O) groups excluding carboxylic acids is 1. The van der Waals surface area contributed by atoms with Crippen LogP contribution in [0.3, 0.4) is 0 Å². The summed E-state index contributed by atoms with van der Waals surface area (Å²) in [5.41, 5.74) is 8.61. The highest BCUT2D eigenvalue weighted by atomic mass is 35.5. The Labute approximate surface area is 157 Å². The number of nitriles is 1. The van der Waals surface area contributed by atoms with Gasteiger partial charge in [0.1, 0.15) is 17.4 Å². The predicted molar refractivity (Wildman–Crippen MR) is 103 cm³/mol. The van der Waals surface area contributed by atoms with E-state index in [1.165, 1.54) is 7.11 Å². The van der Waals surface area contributed by atoms with E-state index in [-0.39, 0.29) is 30.3 Å². The summed E-state index contributed by atoms with van der Waals surface area (Å²) in [6.45, 7) is 3.48. The van der Waals surface area contributed by atoms with Crippen molar-refractivity contribution < 1.29 is 9.53 Å². The third-order valence-electron chi connectivity index (χ3n) is 4.04. The van der Waals surface area contributed by atoms with Crippen LogP contribution in [-0.4, -0.2) is 18.0 Å². The first-order valence-corrected chi connectivity index (χ1v) is 7.73. The maximum Gasteiger partial charge on any atom is 0.266 e. The molecular weight excluding hydrogens is 356 g/mol. The molecular formula is C18H21ClN4O3. The van der Waals surface area contributed by atoms with Crippen molar-refractivity contribution in [3.8, 4) is 11.8 Å². The quantitative estimate of drug-likeness (QED) is 0.692. The number of aryl methyl sites for hydroxylation is 1. The van der Waals surface area contributed by atoms with Gasteiger partial charge in [-0.15, -0.1) is 12.4 Å². The molecule has 0 aliphatic carbocycles. The Bertz CT molecular complexity index is 916. The van der Waals surface area contributed by atoms with Crippen molar-refractivity contribution in [2.24, 2.45) is 0 Å². The number of carbonyl (C=O) groups is 1. The molecule has 0 aliphatic rings. The number of aromatic amines is 1. The largest absolute Gasteiger partial charge is 0.495 e. The summed E-state index contributed by atoms with van der Waals surface area (Å²) in [5.74, 6) is 0.356. The molecule has 8 heteroatoms. The zero-order valence-electron chi connectivity index (χ0n) is 14.8. The Kier molecular flexibility index (Phi) is 7.23. The number of H-pyrrole nitrogens is 1. The van der Waals surface area contributed by atoms with Crippen LogP contribution in [0.2, 0.25) is 0 Å². The molecule has 0 unspecified atom stereocenters. The van der Waals surface area contributed by atoms with Crippen LogP contribution in [0.15, 0.2) is 23.0 Å². The lowest BCUT2D eigenvalue weighted by Crippen LogP contribution is -2.18. The van der Waals surface area contributed by atoms with Crippen molar-refractivity contribution in [3.05, 3.63) is 50.9 Å². The summed E-state index contributed by atoms with van der Waals surface area (Å²) in [4.78, 5) is 26.6. The molecule has 0 saturated heterocycles. The summed E-state index contributed by atoms with van der Waals surface area (Å²) in [6, 6.07) is 6.92. The molecule has 0 radical (unpaired) electrons. The zero-order chi connectivity index (χ0) is 18.6. The zero-order valence-corrected chi connectivity index (χ0v) is 15.6. The molecule has 2 rings (SSSR count). The Hall–Kier alpha value is -2.98. The average molecular weight is 377 g/mol. The molecule has 0 spiro atoms. The average Bonchev–Trinajstić information content (AvgIpc) is 2.55.